The molecule has 0 aliphatic rings. The lowest BCUT2D eigenvalue weighted by atomic mass is 10.1. The molecular formula is C5H11N3O3. The summed E-state index contributed by atoms with van der Waals surface area (Å²) in [7, 11) is 0. The number of carbonyl (C=O) groups is 2. The first kappa shape index (κ1) is 9.86. The lowest BCUT2D eigenvalue weighted by molar-refractivity contribution is -0.137. The Morgan fingerprint density at radius 1 is 1.55 bits per heavy atom. The van der Waals surface area contributed by atoms with E-state index in [-0.39, 0.29) is 12.8 Å². The van der Waals surface area contributed by atoms with Crippen molar-refractivity contribution in [2.24, 2.45) is 11.6 Å². The number of hydrazine groups is 1. The van der Waals surface area contributed by atoms with E-state index in [1.807, 2.05) is 5.43 Å². The van der Waals surface area contributed by atoms with E-state index in [0.29, 0.717) is 0 Å². The van der Waals surface area contributed by atoms with Crippen LogP contribution in [0.3, 0.4) is 0 Å². The highest BCUT2D eigenvalue weighted by Crippen LogP contribution is 1.93. The summed E-state index contributed by atoms with van der Waals surface area (Å²) in [4.78, 5) is 20.6. The number of amides is 1. The number of hydrogen-bond acceptors (Lipinski definition) is 4. The molecule has 0 aromatic rings. The SMILES string of the molecule is NNC(=O)C(N)CCC(=O)O. The van der Waals surface area contributed by atoms with E-state index < -0.39 is 17.9 Å². The van der Waals surface area contributed by atoms with E-state index in [2.05, 4.69) is 0 Å². The quantitative estimate of drug-likeness (QED) is 0.220. The van der Waals surface area contributed by atoms with E-state index in [0.717, 1.165) is 0 Å². The maximum atomic E-state index is 10.6. The summed E-state index contributed by atoms with van der Waals surface area (Å²) >= 11 is 0. The lowest BCUT2D eigenvalue weighted by Gasteiger charge is -2.06. The normalized spacial score (nSPS) is 12.2. The molecule has 64 valence electrons. The minimum Gasteiger partial charge on any atom is -0.481 e. The first-order valence-electron chi connectivity index (χ1n) is 3.05. The molecule has 0 saturated heterocycles. The van der Waals surface area contributed by atoms with Gasteiger partial charge in [-0.05, 0) is 6.42 Å². The number of nitrogens with two attached hydrogens (primary N) is 2. The summed E-state index contributed by atoms with van der Waals surface area (Å²) < 4.78 is 0. The third kappa shape index (κ3) is 4.29. The van der Waals surface area contributed by atoms with Crippen LogP contribution in [-0.4, -0.2) is 23.0 Å². The highest BCUT2D eigenvalue weighted by Gasteiger charge is 2.12. The molecule has 1 unspecified atom stereocenters. The maximum absolute atomic E-state index is 10.6. The first-order chi connectivity index (χ1) is 5.07. The topological polar surface area (TPSA) is 118 Å². The van der Waals surface area contributed by atoms with Crippen molar-refractivity contribution in [2.45, 2.75) is 18.9 Å². The number of carboxylic acids is 1. The monoisotopic (exact) mass is 161 g/mol. The zero-order chi connectivity index (χ0) is 8.85. The number of aliphatic carboxylic acids is 1. The Morgan fingerprint density at radius 2 is 2.09 bits per heavy atom. The largest absolute Gasteiger partial charge is 0.481 e. The molecule has 0 aromatic carbocycles. The summed E-state index contributed by atoms with van der Waals surface area (Å²) in [6.45, 7) is 0. The van der Waals surface area contributed by atoms with Crippen molar-refractivity contribution in [2.75, 3.05) is 0 Å². The second-order valence-corrected chi connectivity index (χ2v) is 2.05. The predicted octanol–water partition coefficient (Wildman–Crippen LogP) is -1.83. The fourth-order valence-corrected chi connectivity index (χ4v) is 0.517. The van der Waals surface area contributed by atoms with Crippen LogP contribution in [0.4, 0.5) is 0 Å². The van der Waals surface area contributed by atoms with E-state index in [1.165, 1.54) is 0 Å². The van der Waals surface area contributed by atoms with E-state index in [9.17, 15) is 9.59 Å². The summed E-state index contributed by atoms with van der Waals surface area (Å²) in [6, 6.07) is -0.837. The molecule has 0 fully saturated rings. The van der Waals surface area contributed by atoms with Gasteiger partial charge in [0.05, 0.1) is 6.04 Å². The fraction of sp³-hybridized carbons (Fsp3) is 0.600. The molecule has 0 aliphatic carbocycles. The number of hydrogen-bond donors (Lipinski definition) is 4. The van der Waals surface area contributed by atoms with Crippen LogP contribution < -0.4 is 17.0 Å². The summed E-state index contributed by atoms with van der Waals surface area (Å²) in [5.41, 5.74) is 7.05. The average molecular weight is 161 g/mol. The molecule has 11 heavy (non-hydrogen) atoms. The Kier molecular flexibility index (Phi) is 4.16. The molecule has 6 N–H and O–H groups in total. The molecule has 6 heteroatoms. The van der Waals surface area contributed by atoms with Crippen LogP contribution in [0.1, 0.15) is 12.8 Å². The first-order valence-corrected chi connectivity index (χ1v) is 3.05. The molecule has 0 saturated carbocycles. The molecule has 0 rings (SSSR count). The van der Waals surface area contributed by atoms with Crippen LogP contribution in [0.2, 0.25) is 0 Å². The number of carboxylic acid groups (broad SMARTS) is 1. The fourth-order valence-electron chi connectivity index (χ4n) is 0.517. The lowest BCUT2D eigenvalue weighted by Crippen LogP contribution is -2.44. The summed E-state index contributed by atoms with van der Waals surface area (Å²) in [6.07, 6.45) is -0.0348. The Labute approximate surface area is 63.5 Å². The highest BCUT2D eigenvalue weighted by atomic mass is 16.4. The van der Waals surface area contributed by atoms with E-state index in [4.69, 9.17) is 16.7 Å². The van der Waals surface area contributed by atoms with Gasteiger partial charge in [0.1, 0.15) is 0 Å². The predicted molar refractivity (Wildman–Crippen MR) is 37.2 cm³/mol. The third-order valence-corrected chi connectivity index (χ3v) is 1.15. The number of carbonyl (C=O) groups excluding carboxylic acids is 1. The molecule has 0 aromatic heterocycles. The Morgan fingerprint density at radius 3 is 2.45 bits per heavy atom. The molecule has 0 spiro atoms. The van der Waals surface area contributed by atoms with Gasteiger partial charge in [0.25, 0.3) is 5.91 Å². The Bertz CT molecular complexity index is 159. The highest BCUT2D eigenvalue weighted by molar-refractivity contribution is 5.81. The van der Waals surface area contributed by atoms with Crippen LogP contribution in [-0.2, 0) is 9.59 Å². The molecule has 6 nitrogen and oxygen atoms in total. The molecule has 1 atom stereocenters. The molecule has 0 heterocycles. The van der Waals surface area contributed by atoms with Crippen LogP contribution in [0.15, 0.2) is 0 Å². The molecule has 0 radical (unpaired) electrons. The standard InChI is InChI=1S/C5H11N3O3/c6-3(5(11)8-7)1-2-4(9)10/h3H,1-2,6-7H2,(H,8,11)(H,9,10). The van der Waals surface area contributed by atoms with Gasteiger partial charge in [0.15, 0.2) is 0 Å². The van der Waals surface area contributed by atoms with Crippen LogP contribution >= 0.6 is 0 Å². The molecule has 1 amide bonds. The van der Waals surface area contributed by atoms with Crippen molar-refractivity contribution in [3.05, 3.63) is 0 Å². The van der Waals surface area contributed by atoms with Gasteiger partial charge in [-0.15, -0.1) is 0 Å². The van der Waals surface area contributed by atoms with Crippen LogP contribution in [0.5, 0.6) is 0 Å². The van der Waals surface area contributed by atoms with Crippen molar-refractivity contribution < 1.29 is 14.7 Å². The Balaban J connectivity index is 3.60. The van der Waals surface area contributed by atoms with Crippen molar-refractivity contribution in [3.63, 3.8) is 0 Å². The minimum atomic E-state index is -0.981. The minimum absolute atomic E-state index is 0.0956. The van der Waals surface area contributed by atoms with Crippen molar-refractivity contribution in [3.8, 4) is 0 Å². The third-order valence-electron chi connectivity index (χ3n) is 1.15. The second-order valence-electron chi connectivity index (χ2n) is 2.05. The van der Waals surface area contributed by atoms with Crippen molar-refractivity contribution in [1.82, 2.24) is 5.43 Å². The smallest absolute Gasteiger partial charge is 0.303 e. The second kappa shape index (κ2) is 4.64. The van der Waals surface area contributed by atoms with Crippen molar-refractivity contribution in [1.29, 1.82) is 0 Å². The van der Waals surface area contributed by atoms with Crippen LogP contribution in [0, 0.1) is 0 Å². The van der Waals surface area contributed by atoms with Crippen LogP contribution in [0.25, 0.3) is 0 Å². The van der Waals surface area contributed by atoms with E-state index >= 15 is 0 Å². The summed E-state index contributed by atoms with van der Waals surface area (Å²) in [5, 5.41) is 8.20. The number of rotatable bonds is 4. The zero-order valence-corrected chi connectivity index (χ0v) is 5.91. The zero-order valence-electron chi connectivity index (χ0n) is 5.91. The van der Waals surface area contributed by atoms with Gasteiger partial charge in [0, 0.05) is 6.42 Å². The van der Waals surface area contributed by atoms with Gasteiger partial charge in [-0.3, -0.25) is 15.0 Å². The van der Waals surface area contributed by atoms with Gasteiger partial charge in [-0.2, -0.15) is 0 Å². The van der Waals surface area contributed by atoms with Crippen molar-refractivity contribution >= 4 is 11.9 Å². The Hall–Kier alpha value is -1.14. The van der Waals surface area contributed by atoms with Gasteiger partial charge in [0.2, 0.25) is 0 Å². The molecule has 0 bridgehead atoms. The van der Waals surface area contributed by atoms with Gasteiger partial charge < -0.3 is 10.8 Å². The number of nitrogens with one attached hydrogen (secondary N) is 1. The van der Waals surface area contributed by atoms with Gasteiger partial charge in [-0.1, -0.05) is 0 Å². The van der Waals surface area contributed by atoms with Gasteiger partial charge >= 0.3 is 5.97 Å². The van der Waals surface area contributed by atoms with Gasteiger partial charge in [-0.25, -0.2) is 5.84 Å². The average Bonchev–Trinajstić information content (AvgIpc) is 1.98. The molecular weight excluding hydrogens is 150 g/mol. The summed E-state index contributed by atoms with van der Waals surface area (Å²) in [5.74, 6) is 3.22. The molecule has 0 aliphatic heterocycles. The van der Waals surface area contributed by atoms with E-state index in [1.54, 1.807) is 0 Å². The maximum Gasteiger partial charge on any atom is 0.303 e.